The van der Waals surface area contributed by atoms with Crippen molar-refractivity contribution in [2.45, 2.75) is 6.42 Å². The molecule has 1 heterocycles. The molecule has 2 atom stereocenters. The van der Waals surface area contributed by atoms with E-state index in [0.29, 0.717) is 0 Å². The van der Waals surface area contributed by atoms with Crippen LogP contribution in [0, 0.1) is 11.8 Å². The minimum atomic E-state index is -0.305. The summed E-state index contributed by atoms with van der Waals surface area (Å²) in [6, 6.07) is 0. The van der Waals surface area contributed by atoms with E-state index in [-0.39, 0.29) is 25.2 Å². The highest BCUT2D eigenvalue weighted by Crippen LogP contribution is 2.21. The third-order valence-electron chi connectivity index (χ3n) is 2.24. The smallest absolute Gasteiger partial charge is 0.0934 e. The van der Waals surface area contributed by atoms with Crippen LogP contribution in [0.3, 0.4) is 0 Å². The van der Waals surface area contributed by atoms with Crippen molar-refractivity contribution in [2.75, 3.05) is 33.5 Å². The lowest BCUT2D eigenvalue weighted by molar-refractivity contribution is 0.116. The fourth-order valence-corrected chi connectivity index (χ4v) is 1.80. The van der Waals surface area contributed by atoms with Gasteiger partial charge in [0, 0.05) is 24.9 Å². The van der Waals surface area contributed by atoms with Crippen molar-refractivity contribution in [3.63, 3.8) is 0 Å². The van der Waals surface area contributed by atoms with Crippen molar-refractivity contribution in [1.82, 2.24) is 4.90 Å². The Kier molecular flexibility index (Phi) is 3.24. The van der Waals surface area contributed by atoms with Gasteiger partial charge in [0.2, 0.25) is 0 Å². The summed E-state index contributed by atoms with van der Waals surface area (Å²) in [5.41, 5.74) is 0. The molecule has 66 valence electrons. The summed E-state index contributed by atoms with van der Waals surface area (Å²) in [4.78, 5) is 2.01. The van der Waals surface area contributed by atoms with E-state index in [9.17, 15) is 8.78 Å². The Morgan fingerprint density at radius 2 is 1.64 bits per heavy atom. The van der Waals surface area contributed by atoms with Crippen molar-refractivity contribution < 1.29 is 8.78 Å². The van der Waals surface area contributed by atoms with Gasteiger partial charge in [0.1, 0.15) is 0 Å². The minimum Gasteiger partial charge on any atom is -0.306 e. The van der Waals surface area contributed by atoms with Gasteiger partial charge in [-0.05, 0) is 13.5 Å². The molecular formula is C8H15F2N. The molecule has 1 aliphatic rings. The van der Waals surface area contributed by atoms with Gasteiger partial charge >= 0.3 is 0 Å². The number of nitrogens with zero attached hydrogens (tertiary/aromatic N) is 1. The van der Waals surface area contributed by atoms with E-state index in [1.165, 1.54) is 0 Å². The van der Waals surface area contributed by atoms with E-state index in [4.69, 9.17) is 0 Å². The Morgan fingerprint density at radius 1 is 1.18 bits per heavy atom. The Labute approximate surface area is 66.4 Å². The highest BCUT2D eigenvalue weighted by Gasteiger charge is 2.24. The number of hydrogen-bond acceptors (Lipinski definition) is 1. The molecule has 1 fully saturated rings. The molecule has 1 rings (SSSR count). The highest BCUT2D eigenvalue weighted by molar-refractivity contribution is 4.76. The van der Waals surface area contributed by atoms with Gasteiger partial charge in [-0.15, -0.1) is 0 Å². The average Bonchev–Trinajstić information content (AvgIpc) is 2.03. The quantitative estimate of drug-likeness (QED) is 0.596. The molecule has 1 aliphatic heterocycles. The SMILES string of the molecule is CN1C[C@H](CF)C[C@H](CF)C1. The third-order valence-corrected chi connectivity index (χ3v) is 2.24. The first kappa shape index (κ1) is 8.91. The summed E-state index contributed by atoms with van der Waals surface area (Å²) in [5, 5.41) is 0. The Morgan fingerprint density at radius 3 is 2.00 bits per heavy atom. The fourth-order valence-electron chi connectivity index (χ4n) is 1.80. The molecule has 0 aromatic heterocycles. The van der Waals surface area contributed by atoms with Crippen molar-refractivity contribution in [3.05, 3.63) is 0 Å². The summed E-state index contributed by atoms with van der Waals surface area (Å²) in [7, 11) is 1.92. The molecule has 0 aromatic carbocycles. The average molecular weight is 163 g/mol. The van der Waals surface area contributed by atoms with E-state index in [0.717, 1.165) is 19.5 Å². The first-order valence-electron chi connectivity index (χ1n) is 4.06. The normalized spacial score (nSPS) is 34.1. The molecule has 0 aromatic rings. The van der Waals surface area contributed by atoms with Crippen LogP contribution in [0.25, 0.3) is 0 Å². The van der Waals surface area contributed by atoms with Crippen LogP contribution >= 0.6 is 0 Å². The van der Waals surface area contributed by atoms with E-state index in [1.54, 1.807) is 0 Å². The minimum absolute atomic E-state index is 0.0644. The maximum absolute atomic E-state index is 12.2. The van der Waals surface area contributed by atoms with Crippen LogP contribution in [-0.2, 0) is 0 Å². The van der Waals surface area contributed by atoms with Gasteiger partial charge in [-0.25, -0.2) is 0 Å². The molecule has 0 amide bonds. The van der Waals surface area contributed by atoms with Crippen LogP contribution in [0.4, 0.5) is 8.78 Å². The summed E-state index contributed by atoms with van der Waals surface area (Å²) >= 11 is 0. The maximum Gasteiger partial charge on any atom is 0.0934 e. The number of rotatable bonds is 2. The van der Waals surface area contributed by atoms with Crippen LogP contribution in [0.5, 0.6) is 0 Å². The maximum atomic E-state index is 12.2. The number of alkyl halides is 2. The molecule has 0 bridgehead atoms. The van der Waals surface area contributed by atoms with Gasteiger partial charge in [0.25, 0.3) is 0 Å². The highest BCUT2D eigenvalue weighted by atomic mass is 19.1. The van der Waals surface area contributed by atoms with E-state index >= 15 is 0 Å². The second-order valence-corrected chi connectivity index (χ2v) is 3.50. The number of likely N-dealkylation sites (tertiary alicyclic amines) is 1. The zero-order valence-electron chi connectivity index (χ0n) is 6.89. The first-order chi connectivity index (χ1) is 5.26. The molecule has 0 saturated carbocycles. The molecule has 11 heavy (non-hydrogen) atoms. The largest absolute Gasteiger partial charge is 0.306 e. The van der Waals surface area contributed by atoms with Crippen LogP contribution in [0.15, 0.2) is 0 Å². The second kappa shape index (κ2) is 4.00. The summed E-state index contributed by atoms with van der Waals surface area (Å²) < 4.78 is 24.4. The van der Waals surface area contributed by atoms with Crippen LogP contribution in [-0.4, -0.2) is 38.4 Å². The first-order valence-corrected chi connectivity index (χ1v) is 4.06. The zero-order chi connectivity index (χ0) is 8.27. The van der Waals surface area contributed by atoms with Gasteiger partial charge in [-0.3, -0.25) is 8.78 Å². The van der Waals surface area contributed by atoms with E-state index in [2.05, 4.69) is 0 Å². The fraction of sp³-hybridized carbons (Fsp3) is 1.00. The lowest BCUT2D eigenvalue weighted by Gasteiger charge is -2.32. The van der Waals surface area contributed by atoms with Crippen molar-refractivity contribution in [2.24, 2.45) is 11.8 Å². The Balaban J connectivity index is 2.37. The van der Waals surface area contributed by atoms with Gasteiger partial charge in [-0.1, -0.05) is 0 Å². The molecule has 0 N–H and O–H groups in total. The monoisotopic (exact) mass is 163 g/mol. The number of hydrogen-bond donors (Lipinski definition) is 0. The van der Waals surface area contributed by atoms with Gasteiger partial charge in [-0.2, -0.15) is 0 Å². The van der Waals surface area contributed by atoms with E-state index in [1.807, 2.05) is 11.9 Å². The van der Waals surface area contributed by atoms with Crippen molar-refractivity contribution in [3.8, 4) is 0 Å². The van der Waals surface area contributed by atoms with Gasteiger partial charge in [0.15, 0.2) is 0 Å². The second-order valence-electron chi connectivity index (χ2n) is 3.50. The topological polar surface area (TPSA) is 3.24 Å². The zero-order valence-corrected chi connectivity index (χ0v) is 6.89. The number of piperidine rings is 1. The summed E-state index contributed by atoms with van der Waals surface area (Å²) in [5.74, 6) is 0.129. The van der Waals surface area contributed by atoms with Crippen LogP contribution in [0.2, 0.25) is 0 Å². The van der Waals surface area contributed by atoms with Gasteiger partial charge in [0.05, 0.1) is 13.3 Å². The Hall–Kier alpha value is -0.180. The molecular weight excluding hydrogens is 148 g/mol. The van der Waals surface area contributed by atoms with Crippen molar-refractivity contribution >= 4 is 0 Å². The standard InChI is InChI=1S/C8H15F2N/c1-11-5-7(3-9)2-8(4-10)6-11/h7-8H,2-6H2,1H3/t7-,8+. The molecule has 1 saturated heterocycles. The van der Waals surface area contributed by atoms with Crippen LogP contribution < -0.4 is 0 Å². The predicted octanol–water partition coefficient (Wildman–Crippen LogP) is 1.49. The molecule has 1 nitrogen and oxygen atoms in total. The van der Waals surface area contributed by atoms with E-state index < -0.39 is 0 Å². The molecule has 0 spiro atoms. The predicted molar refractivity (Wildman–Crippen MR) is 41.0 cm³/mol. The Bertz CT molecular complexity index is 107. The summed E-state index contributed by atoms with van der Waals surface area (Å²) in [6.45, 7) is 0.960. The lowest BCUT2D eigenvalue weighted by atomic mass is 9.91. The number of halogens is 2. The molecule has 3 heteroatoms. The van der Waals surface area contributed by atoms with Crippen molar-refractivity contribution in [1.29, 1.82) is 0 Å². The molecule has 0 radical (unpaired) electrons. The lowest BCUT2D eigenvalue weighted by Crippen LogP contribution is -2.39. The third kappa shape index (κ3) is 2.40. The molecule has 0 aliphatic carbocycles. The van der Waals surface area contributed by atoms with Crippen LogP contribution in [0.1, 0.15) is 6.42 Å². The van der Waals surface area contributed by atoms with Gasteiger partial charge < -0.3 is 4.90 Å². The summed E-state index contributed by atoms with van der Waals surface area (Å²) in [6.07, 6.45) is 0.720. The molecule has 0 unspecified atom stereocenters.